The first-order chi connectivity index (χ1) is 13.4. The normalized spacial score (nSPS) is 15.6. The molecule has 2 heterocycles. The summed E-state index contributed by atoms with van der Waals surface area (Å²) in [7, 11) is 0. The molecule has 3 amide bonds. The zero-order valence-corrected chi connectivity index (χ0v) is 16.3. The van der Waals surface area contributed by atoms with Crippen LogP contribution < -0.4 is 10.9 Å². The lowest BCUT2D eigenvalue weighted by atomic mass is 9.96. The standard InChI is InChI=1S/C18H23F3N4O4/c1-17(2,3)29-16(28)25-9-7-11(8-10-25)14(26)23-24-15(27)12-5-4-6-13(22-12)18(19,20)21/h4-6,11H,7-10H2,1-3H3,(H,23,26)(H,24,27). The molecule has 11 heteroatoms. The molecule has 0 bridgehead atoms. The number of carbonyl (C=O) groups is 3. The van der Waals surface area contributed by atoms with Gasteiger partial charge < -0.3 is 9.64 Å². The fourth-order valence-electron chi connectivity index (χ4n) is 2.65. The molecule has 0 saturated carbocycles. The molecule has 0 radical (unpaired) electrons. The van der Waals surface area contributed by atoms with E-state index in [4.69, 9.17) is 4.74 Å². The van der Waals surface area contributed by atoms with E-state index < -0.39 is 47.0 Å². The minimum Gasteiger partial charge on any atom is -0.444 e. The molecule has 0 atom stereocenters. The molecule has 0 unspecified atom stereocenters. The second kappa shape index (κ2) is 8.66. The van der Waals surface area contributed by atoms with Gasteiger partial charge in [0, 0.05) is 19.0 Å². The van der Waals surface area contributed by atoms with E-state index in [2.05, 4.69) is 15.8 Å². The Balaban J connectivity index is 1.83. The van der Waals surface area contributed by atoms with E-state index in [1.165, 1.54) is 4.90 Å². The van der Waals surface area contributed by atoms with Crippen LogP contribution in [0.3, 0.4) is 0 Å². The Labute approximate surface area is 165 Å². The maximum Gasteiger partial charge on any atom is 0.433 e. The lowest BCUT2D eigenvalue weighted by Gasteiger charge is -2.32. The van der Waals surface area contributed by atoms with Crippen molar-refractivity contribution in [2.75, 3.05) is 13.1 Å². The highest BCUT2D eigenvalue weighted by Gasteiger charge is 2.33. The number of nitrogens with zero attached hydrogens (tertiary/aromatic N) is 2. The van der Waals surface area contributed by atoms with Gasteiger partial charge in [0.25, 0.3) is 5.91 Å². The van der Waals surface area contributed by atoms with Crippen LogP contribution in [0, 0.1) is 5.92 Å². The van der Waals surface area contributed by atoms with Gasteiger partial charge in [0.05, 0.1) is 0 Å². The number of hydrazine groups is 1. The van der Waals surface area contributed by atoms with Crippen LogP contribution in [0.1, 0.15) is 49.8 Å². The average Bonchev–Trinajstić information content (AvgIpc) is 2.64. The number of hydrogen-bond donors (Lipinski definition) is 2. The van der Waals surface area contributed by atoms with Crippen LogP contribution >= 0.6 is 0 Å². The van der Waals surface area contributed by atoms with Crippen molar-refractivity contribution < 1.29 is 32.3 Å². The fraction of sp³-hybridized carbons (Fsp3) is 0.556. The lowest BCUT2D eigenvalue weighted by Crippen LogP contribution is -2.49. The lowest BCUT2D eigenvalue weighted by molar-refractivity contribution is -0.141. The average molecular weight is 416 g/mol. The van der Waals surface area contributed by atoms with Gasteiger partial charge >= 0.3 is 12.3 Å². The third-order valence-corrected chi connectivity index (χ3v) is 4.09. The van der Waals surface area contributed by atoms with Gasteiger partial charge in [0.2, 0.25) is 5.91 Å². The first kappa shape index (κ1) is 22.4. The molecule has 1 aliphatic heterocycles. The molecule has 29 heavy (non-hydrogen) atoms. The van der Waals surface area contributed by atoms with Gasteiger partial charge in [-0.15, -0.1) is 0 Å². The van der Waals surface area contributed by atoms with Crippen molar-refractivity contribution in [3.05, 3.63) is 29.6 Å². The Bertz CT molecular complexity index is 769. The van der Waals surface area contributed by atoms with E-state index in [1.54, 1.807) is 20.8 Å². The summed E-state index contributed by atoms with van der Waals surface area (Å²) in [5.74, 6) is -1.91. The van der Waals surface area contributed by atoms with Crippen molar-refractivity contribution in [3.8, 4) is 0 Å². The highest BCUT2D eigenvalue weighted by Crippen LogP contribution is 2.27. The quantitative estimate of drug-likeness (QED) is 0.722. The molecule has 1 aromatic heterocycles. The number of carbonyl (C=O) groups excluding carboxylic acids is 3. The first-order valence-electron chi connectivity index (χ1n) is 8.99. The van der Waals surface area contributed by atoms with Gasteiger partial charge in [0.15, 0.2) is 0 Å². The number of halogens is 3. The van der Waals surface area contributed by atoms with E-state index in [1.807, 2.05) is 0 Å². The largest absolute Gasteiger partial charge is 0.444 e. The van der Waals surface area contributed by atoms with Crippen LogP contribution in [0.5, 0.6) is 0 Å². The molecule has 0 aromatic carbocycles. The second-order valence-electron chi connectivity index (χ2n) is 7.59. The highest BCUT2D eigenvalue weighted by molar-refractivity contribution is 5.93. The van der Waals surface area contributed by atoms with E-state index in [-0.39, 0.29) is 0 Å². The summed E-state index contributed by atoms with van der Waals surface area (Å²) < 4.78 is 43.3. The minimum atomic E-state index is -4.68. The number of hydrogen-bond acceptors (Lipinski definition) is 5. The van der Waals surface area contributed by atoms with Gasteiger partial charge in [-0.05, 0) is 45.7 Å². The Morgan fingerprint density at radius 2 is 1.72 bits per heavy atom. The summed E-state index contributed by atoms with van der Waals surface area (Å²) in [6.45, 7) is 5.90. The van der Waals surface area contributed by atoms with Crippen molar-refractivity contribution in [1.29, 1.82) is 0 Å². The number of aromatic nitrogens is 1. The highest BCUT2D eigenvalue weighted by atomic mass is 19.4. The van der Waals surface area contributed by atoms with Crippen molar-refractivity contribution in [2.45, 2.75) is 45.4 Å². The van der Waals surface area contributed by atoms with Crippen molar-refractivity contribution in [2.24, 2.45) is 5.92 Å². The first-order valence-corrected chi connectivity index (χ1v) is 8.99. The van der Waals surface area contributed by atoms with E-state index in [9.17, 15) is 27.6 Å². The summed E-state index contributed by atoms with van der Waals surface area (Å²) in [5.41, 5.74) is 1.97. The molecular weight excluding hydrogens is 393 g/mol. The van der Waals surface area contributed by atoms with Gasteiger partial charge in [-0.2, -0.15) is 13.2 Å². The van der Waals surface area contributed by atoms with E-state index in [0.29, 0.717) is 25.9 Å². The monoisotopic (exact) mass is 416 g/mol. The fourth-order valence-corrected chi connectivity index (χ4v) is 2.65. The molecule has 1 aliphatic rings. The number of alkyl halides is 3. The molecule has 0 spiro atoms. The molecule has 1 aromatic rings. The van der Waals surface area contributed by atoms with Gasteiger partial charge in [0.1, 0.15) is 17.0 Å². The molecule has 1 fully saturated rings. The topological polar surface area (TPSA) is 101 Å². The second-order valence-corrected chi connectivity index (χ2v) is 7.59. The van der Waals surface area contributed by atoms with Crippen LogP contribution in [0.4, 0.5) is 18.0 Å². The molecule has 8 nitrogen and oxygen atoms in total. The summed E-state index contributed by atoms with van der Waals surface area (Å²) >= 11 is 0. The van der Waals surface area contributed by atoms with Crippen molar-refractivity contribution >= 4 is 17.9 Å². The number of ether oxygens (including phenoxy) is 1. The Morgan fingerprint density at radius 1 is 1.10 bits per heavy atom. The van der Waals surface area contributed by atoms with Crippen LogP contribution in [0.25, 0.3) is 0 Å². The van der Waals surface area contributed by atoms with Gasteiger partial charge in [-0.3, -0.25) is 20.4 Å². The minimum absolute atomic E-state index is 0.316. The molecule has 2 N–H and O–H groups in total. The number of amides is 3. The predicted molar refractivity (Wildman–Crippen MR) is 95.4 cm³/mol. The Morgan fingerprint density at radius 3 is 2.28 bits per heavy atom. The molecule has 0 aliphatic carbocycles. The third-order valence-electron chi connectivity index (χ3n) is 4.09. The van der Waals surface area contributed by atoms with E-state index in [0.717, 1.165) is 18.2 Å². The zero-order valence-electron chi connectivity index (χ0n) is 16.3. The molecule has 160 valence electrons. The van der Waals surface area contributed by atoms with Crippen LogP contribution in [0.2, 0.25) is 0 Å². The zero-order chi connectivity index (χ0) is 21.8. The molecule has 2 rings (SSSR count). The van der Waals surface area contributed by atoms with E-state index >= 15 is 0 Å². The number of piperidine rings is 1. The summed E-state index contributed by atoms with van der Waals surface area (Å²) in [6, 6.07) is 2.91. The van der Waals surface area contributed by atoms with Crippen LogP contribution in [-0.4, -0.2) is 46.5 Å². The van der Waals surface area contributed by atoms with Crippen molar-refractivity contribution in [1.82, 2.24) is 20.7 Å². The molecule has 1 saturated heterocycles. The maximum absolute atomic E-state index is 12.7. The van der Waals surface area contributed by atoms with Crippen LogP contribution in [-0.2, 0) is 15.7 Å². The predicted octanol–water partition coefficient (Wildman–Crippen LogP) is 2.51. The SMILES string of the molecule is CC(C)(C)OC(=O)N1CCC(C(=O)NNC(=O)c2cccc(C(F)(F)F)n2)CC1. The summed E-state index contributed by atoms with van der Waals surface area (Å²) in [5, 5.41) is 0. The van der Waals surface area contributed by atoms with Crippen molar-refractivity contribution in [3.63, 3.8) is 0 Å². The van der Waals surface area contributed by atoms with Gasteiger partial charge in [-0.25, -0.2) is 9.78 Å². The maximum atomic E-state index is 12.7. The number of pyridine rings is 1. The number of likely N-dealkylation sites (tertiary alicyclic amines) is 1. The smallest absolute Gasteiger partial charge is 0.433 e. The Hall–Kier alpha value is -2.85. The number of rotatable bonds is 2. The Kier molecular flexibility index (Phi) is 6.70. The van der Waals surface area contributed by atoms with Crippen LogP contribution in [0.15, 0.2) is 18.2 Å². The summed E-state index contributed by atoms with van der Waals surface area (Å²) in [4.78, 5) is 40.9. The van der Waals surface area contributed by atoms with Gasteiger partial charge in [-0.1, -0.05) is 6.07 Å². The number of nitrogens with one attached hydrogen (secondary N) is 2. The summed E-state index contributed by atoms with van der Waals surface area (Å²) in [6.07, 6.45) is -4.41. The molecular formula is C18H23F3N4O4. The third kappa shape index (κ3) is 6.61.